The lowest BCUT2D eigenvalue weighted by Crippen LogP contribution is -2.19. The molecule has 1 aliphatic rings. The van der Waals surface area contributed by atoms with E-state index in [1.807, 2.05) is 35.7 Å². The van der Waals surface area contributed by atoms with Crippen molar-refractivity contribution in [1.82, 2.24) is 15.3 Å². The SMILES string of the molecule is CNC(=O)c1cnc(Nc2ncccc2C2CC2)c(NC(=O)c2csc3ccccc23)c1. The van der Waals surface area contributed by atoms with Gasteiger partial charge in [-0.15, -0.1) is 11.3 Å². The van der Waals surface area contributed by atoms with Gasteiger partial charge in [0.05, 0.1) is 16.8 Å². The molecule has 1 aromatic carbocycles. The number of nitrogens with one attached hydrogen (secondary N) is 3. The number of pyridine rings is 2. The Hall–Kier alpha value is -3.78. The molecule has 0 aliphatic heterocycles. The molecule has 2 amide bonds. The van der Waals surface area contributed by atoms with Crippen LogP contribution in [0.4, 0.5) is 17.3 Å². The normalized spacial score (nSPS) is 13.0. The summed E-state index contributed by atoms with van der Waals surface area (Å²) in [6.45, 7) is 0. The summed E-state index contributed by atoms with van der Waals surface area (Å²) in [5, 5.41) is 11.5. The van der Waals surface area contributed by atoms with E-state index in [4.69, 9.17) is 0 Å². The molecule has 0 bridgehead atoms. The van der Waals surface area contributed by atoms with Crippen LogP contribution in [0.15, 0.2) is 60.2 Å². The van der Waals surface area contributed by atoms with Crippen molar-refractivity contribution in [3.8, 4) is 0 Å². The van der Waals surface area contributed by atoms with Gasteiger partial charge in [0.2, 0.25) is 0 Å². The van der Waals surface area contributed by atoms with Crippen LogP contribution in [0.25, 0.3) is 10.1 Å². The number of hydrogen-bond acceptors (Lipinski definition) is 6. The molecule has 0 spiro atoms. The molecule has 3 N–H and O–H groups in total. The van der Waals surface area contributed by atoms with Gasteiger partial charge in [-0.1, -0.05) is 24.3 Å². The van der Waals surface area contributed by atoms with Gasteiger partial charge in [0.1, 0.15) is 5.82 Å². The fourth-order valence-electron chi connectivity index (χ4n) is 3.63. The number of aromatic nitrogens is 2. The van der Waals surface area contributed by atoms with Gasteiger partial charge in [-0.3, -0.25) is 9.59 Å². The number of rotatable bonds is 6. The molecule has 0 radical (unpaired) electrons. The first-order valence-electron chi connectivity index (χ1n) is 10.4. The monoisotopic (exact) mass is 443 g/mol. The van der Waals surface area contributed by atoms with Crippen LogP contribution < -0.4 is 16.0 Å². The van der Waals surface area contributed by atoms with Gasteiger partial charge in [-0.2, -0.15) is 0 Å². The lowest BCUT2D eigenvalue weighted by atomic mass is 10.1. The predicted molar refractivity (Wildman–Crippen MR) is 127 cm³/mol. The number of thiophene rings is 1. The molecule has 7 nitrogen and oxygen atoms in total. The van der Waals surface area contributed by atoms with Gasteiger partial charge in [0.15, 0.2) is 5.82 Å². The quantitative estimate of drug-likeness (QED) is 0.393. The highest BCUT2D eigenvalue weighted by atomic mass is 32.1. The molecular weight excluding hydrogens is 422 g/mol. The third kappa shape index (κ3) is 3.92. The summed E-state index contributed by atoms with van der Waals surface area (Å²) >= 11 is 1.52. The molecule has 0 saturated heterocycles. The van der Waals surface area contributed by atoms with Crippen LogP contribution in [0.5, 0.6) is 0 Å². The van der Waals surface area contributed by atoms with Crippen molar-refractivity contribution in [3.05, 3.63) is 76.9 Å². The second-order valence-electron chi connectivity index (χ2n) is 7.64. The Morgan fingerprint density at radius 2 is 1.88 bits per heavy atom. The zero-order valence-electron chi connectivity index (χ0n) is 17.4. The van der Waals surface area contributed by atoms with Crippen molar-refractivity contribution in [2.45, 2.75) is 18.8 Å². The van der Waals surface area contributed by atoms with Crippen LogP contribution in [-0.2, 0) is 0 Å². The smallest absolute Gasteiger partial charge is 0.257 e. The summed E-state index contributed by atoms with van der Waals surface area (Å²) < 4.78 is 1.04. The maximum absolute atomic E-state index is 13.2. The highest BCUT2D eigenvalue weighted by molar-refractivity contribution is 7.17. The highest BCUT2D eigenvalue weighted by Gasteiger charge is 2.27. The molecule has 3 heterocycles. The first-order valence-corrected chi connectivity index (χ1v) is 11.2. The van der Waals surface area contributed by atoms with E-state index in [0.717, 1.165) is 28.5 Å². The van der Waals surface area contributed by atoms with Crippen LogP contribution >= 0.6 is 11.3 Å². The van der Waals surface area contributed by atoms with Gasteiger partial charge in [0, 0.05) is 34.9 Å². The Balaban J connectivity index is 1.50. The van der Waals surface area contributed by atoms with Crippen LogP contribution in [0.3, 0.4) is 0 Å². The van der Waals surface area contributed by atoms with Crippen LogP contribution in [0.2, 0.25) is 0 Å². The van der Waals surface area contributed by atoms with Gasteiger partial charge >= 0.3 is 0 Å². The molecule has 1 aliphatic carbocycles. The fraction of sp³-hybridized carbons (Fsp3) is 0.167. The van der Waals surface area contributed by atoms with Gasteiger partial charge < -0.3 is 16.0 Å². The van der Waals surface area contributed by atoms with Crippen molar-refractivity contribution in [2.24, 2.45) is 0 Å². The van der Waals surface area contributed by atoms with Crippen LogP contribution in [0.1, 0.15) is 45.0 Å². The van der Waals surface area contributed by atoms with Crippen molar-refractivity contribution >= 4 is 50.6 Å². The molecule has 4 aromatic rings. The predicted octanol–water partition coefficient (Wildman–Crippen LogP) is 4.92. The number of fused-ring (bicyclic) bond motifs is 1. The second kappa shape index (κ2) is 8.39. The van der Waals surface area contributed by atoms with E-state index in [9.17, 15) is 9.59 Å². The molecular formula is C24H21N5O2S. The number of benzene rings is 1. The van der Waals surface area contributed by atoms with E-state index in [-0.39, 0.29) is 11.8 Å². The van der Waals surface area contributed by atoms with Gasteiger partial charge in [0.25, 0.3) is 11.8 Å². The highest BCUT2D eigenvalue weighted by Crippen LogP contribution is 2.43. The third-order valence-electron chi connectivity index (χ3n) is 5.44. The molecule has 160 valence electrons. The largest absolute Gasteiger partial charge is 0.355 e. The molecule has 5 rings (SSSR count). The van der Waals surface area contributed by atoms with E-state index in [1.54, 1.807) is 19.3 Å². The van der Waals surface area contributed by atoms with E-state index < -0.39 is 0 Å². The zero-order valence-corrected chi connectivity index (χ0v) is 18.2. The summed E-state index contributed by atoms with van der Waals surface area (Å²) in [7, 11) is 1.56. The maximum Gasteiger partial charge on any atom is 0.257 e. The van der Waals surface area contributed by atoms with Crippen molar-refractivity contribution in [3.63, 3.8) is 0 Å². The maximum atomic E-state index is 13.2. The topological polar surface area (TPSA) is 96.0 Å². The Labute approximate surface area is 188 Å². The van der Waals surface area contributed by atoms with E-state index in [0.29, 0.717) is 34.4 Å². The number of nitrogens with zero attached hydrogens (tertiary/aromatic N) is 2. The zero-order chi connectivity index (χ0) is 22.1. The van der Waals surface area contributed by atoms with Crippen LogP contribution in [0, 0.1) is 0 Å². The van der Waals surface area contributed by atoms with E-state index in [1.165, 1.54) is 17.5 Å². The van der Waals surface area contributed by atoms with Crippen molar-refractivity contribution < 1.29 is 9.59 Å². The molecule has 1 saturated carbocycles. The van der Waals surface area contributed by atoms with Gasteiger partial charge in [-0.25, -0.2) is 9.97 Å². The minimum absolute atomic E-state index is 0.259. The summed E-state index contributed by atoms with van der Waals surface area (Å²) in [4.78, 5) is 34.2. The first kappa shape index (κ1) is 20.1. The summed E-state index contributed by atoms with van der Waals surface area (Å²) in [5.41, 5.74) is 2.48. The first-order chi connectivity index (χ1) is 15.6. The summed E-state index contributed by atoms with van der Waals surface area (Å²) in [6.07, 6.45) is 5.48. The number of carbonyl (C=O) groups is 2. The van der Waals surface area contributed by atoms with Crippen molar-refractivity contribution in [2.75, 3.05) is 17.7 Å². The average molecular weight is 444 g/mol. The lowest BCUT2D eigenvalue weighted by Gasteiger charge is -2.15. The number of anilines is 3. The Bertz CT molecular complexity index is 1330. The summed E-state index contributed by atoms with van der Waals surface area (Å²) in [5.74, 6) is 1.10. The molecule has 0 atom stereocenters. The Morgan fingerprint density at radius 3 is 2.69 bits per heavy atom. The second-order valence-corrected chi connectivity index (χ2v) is 8.55. The molecule has 8 heteroatoms. The van der Waals surface area contributed by atoms with Crippen LogP contribution in [-0.4, -0.2) is 28.8 Å². The average Bonchev–Trinajstić information content (AvgIpc) is 3.58. The third-order valence-corrected chi connectivity index (χ3v) is 6.41. The molecule has 1 fully saturated rings. The molecule has 32 heavy (non-hydrogen) atoms. The fourth-order valence-corrected chi connectivity index (χ4v) is 4.57. The standard InChI is InChI=1S/C24H21N5O2S/c1-25-23(30)15-11-19(28-24(31)18-13-32-20-7-3-2-5-17(18)20)22(27-12-15)29-21-16(14-8-9-14)6-4-10-26-21/h2-7,10-14H,8-9H2,1H3,(H,25,30)(H,28,31)(H,26,27,29). The number of carbonyl (C=O) groups excluding carboxylic acids is 2. The van der Waals surface area contributed by atoms with Crippen molar-refractivity contribution in [1.29, 1.82) is 0 Å². The Kier molecular flexibility index (Phi) is 5.28. The lowest BCUT2D eigenvalue weighted by molar-refractivity contribution is 0.0961. The van der Waals surface area contributed by atoms with E-state index >= 15 is 0 Å². The Morgan fingerprint density at radius 1 is 1.03 bits per heavy atom. The number of hydrogen-bond donors (Lipinski definition) is 3. The minimum atomic E-state index is -0.281. The van der Waals surface area contributed by atoms with Gasteiger partial charge in [-0.05, 0) is 42.5 Å². The number of amides is 2. The minimum Gasteiger partial charge on any atom is -0.355 e. The summed E-state index contributed by atoms with van der Waals surface area (Å²) in [6, 6.07) is 13.4. The molecule has 3 aromatic heterocycles. The van der Waals surface area contributed by atoms with E-state index in [2.05, 4.69) is 32.0 Å². The molecule has 0 unspecified atom stereocenters.